The van der Waals surface area contributed by atoms with E-state index in [2.05, 4.69) is 11.9 Å². The zero-order valence-corrected chi connectivity index (χ0v) is 18.4. The molecule has 0 aliphatic carbocycles. The highest BCUT2D eigenvalue weighted by Gasteiger charge is 2.43. The van der Waals surface area contributed by atoms with Crippen molar-refractivity contribution in [3.05, 3.63) is 53.8 Å². The predicted molar refractivity (Wildman–Crippen MR) is 119 cm³/mol. The van der Waals surface area contributed by atoms with Gasteiger partial charge in [0.05, 0.1) is 12.5 Å². The van der Waals surface area contributed by atoms with Crippen LogP contribution < -0.4 is 4.74 Å². The Balaban J connectivity index is 1.69. The van der Waals surface area contributed by atoms with E-state index in [0.29, 0.717) is 43.8 Å². The Morgan fingerprint density at radius 2 is 1.77 bits per heavy atom. The second-order valence-electron chi connectivity index (χ2n) is 8.67. The molecule has 5 nitrogen and oxygen atoms in total. The number of carbonyl (C=O) groups is 1. The fourth-order valence-electron chi connectivity index (χ4n) is 4.77. The van der Waals surface area contributed by atoms with E-state index in [1.807, 2.05) is 29.2 Å². The maximum Gasteiger partial charge on any atom is 0.229 e. The van der Waals surface area contributed by atoms with Crippen molar-refractivity contribution >= 4 is 5.91 Å². The minimum absolute atomic E-state index is 0.227. The van der Waals surface area contributed by atoms with Crippen LogP contribution in [0, 0.1) is 11.2 Å². The Hall–Kier alpha value is -2.44. The molecule has 0 atom stereocenters. The highest BCUT2D eigenvalue weighted by molar-refractivity contribution is 5.84. The third-order valence-corrected chi connectivity index (χ3v) is 6.69. The number of ether oxygens (including phenoxy) is 2. The molecule has 1 amide bonds. The lowest BCUT2D eigenvalue weighted by molar-refractivity contribution is -0.149. The molecule has 2 aliphatic heterocycles. The van der Waals surface area contributed by atoms with E-state index < -0.39 is 5.41 Å². The van der Waals surface area contributed by atoms with E-state index in [0.717, 1.165) is 37.3 Å². The van der Waals surface area contributed by atoms with Gasteiger partial charge in [0.25, 0.3) is 0 Å². The minimum atomic E-state index is -0.495. The molecule has 2 fully saturated rings. The largest absolute Gasteiger partial charge is 0.496 e. The van der Waals surface area contributed by atoms with Gasteiger partial charge in [0, 0.05) is 45.0 Å². The Morgan fingerprint density at radius 3 is 2.48 bits per heavy atom. The molecule has 6 heteroatoms. The van der Waals surface area contributed by atoms with Crippen LogP contribution in [0.5, 0.6) is 5.75 Å². The lowest BCUT2D eigenvalue weighted by atomic mass is 9.72. The SMILES string of the molecule is COc1ccc(F)cc1-c1ccccc1CC1(C(=O)N2CCN(C)CC2)CCOCC1. The van der Waals surface area contributed by atoms with Gasteiger partial charge in [-0.15, -0.1) is 0 Å². The van der Waals surface area contributed by atoms with Gasteiger partial charge < -0.3 is 19.3 Å². The maximum absolute atomic E-state index is 14.1. The fourth-order valence-corrected chi connectivity index (χ4v) is 4.77. The van der Waals surface area contributed by atoms with Crippen LogP contribution in [0.1, 0.15) is 18.4 Å². The van der Waals surface area contributed by atoms with Gasteiger partial charge >= 0.3 is 0 Å². The van der Waals surface area contributed by atoms with Crippen LogP contribution in [0.3, 0.4) is 0 Å². The van der Waals surface area contributed by atoms with Crippen molar-refractivity contribution < 1.29 is 18.7 Å². The molecule has 2 aromatic carbocycles. The smallest absolute Gasteiger partial charge is 0.229 e. The summed E-state index contributed by atoms with van der Waals surface area (Å²) in [5.74, 6) is 0.546. The third kappa shape index (κ3) is 4.60. The number of halogens is 1. The summed E-state index contributed by atoms with van der Waals surface area (Å²) < 4.78 is 25.2. The lowest BCUT2D eigenvalue weighted by Gasteiger charge is -2.42. The van der Waals surface area contributed by atoms with Crippen LogP contribution in [0.25, 0.3) is 11.1 Å². The molecule has 0 saturated carbocycles. The molecule has 0 bridgehead atoms. The number of likely N-dealkylation sites (N-methyl/N-ethyl adjacent to an activating group) is 1. The number of benzene rings is 2. The summed E-state index contributed by atoms with van der Waals surface area (Å²) >= 11 is 0. The van der Waals surface area contributed by atoms with Crippen molar-refractivity contribution in [3.8, 4) is 16.9 Å². The molecule has 2 aliphatic rings. The zero-order chi connectivity index (χ0) is 21.8. The lowest BCUT2D eigenvalue weighted by Crippen LogP contribution is -2.54. The molecule has 0 radical (unpaired) electrons. The summed E-state index contributed by atoms with van der Waals surface area (Å²) in [6.45, 7) is 4.50. The second-order valence-corrected chi connectivity index (χ2v) is 8.67. The molecule has 4 rings (SSSR count). The molecular formula is C25H31FN2O3. The number of nitrogens with zero attached hydrogens (tertiary/aromatic N) is 2. The number of hydrogen-bond donors (Lipinski definition) is 0. The van der Waals surface area contributed by atoms with Gasteiger partial charge in [0.15, 0.2) is 0 Å². The van der Waals surface area contributed by atoms with Gasteiger partial charge in [-0.2, -0.15) is 0 Å². The minimum Gasteiger partial charge on any atom is -0.496 e. The predicted octanol–water partition coefficient (Wildman–Crippen LogP) is 3.61. The summed E-state index contributed by atoms with van der Waals surface area (Å²) in [5, 5.41) is 0. The van der Waals surface area contributed by atoms with Crippen LogP contribution in [0.15, 0.2) is 42.5 Å². The number of piperazine rings is 1. The highest BCUT2D eigenvalue weighted by atomic mass is 19.1. The van der Waals surface area contributed by atoms with Crippen molar-refractivity contribution in [2.75, 3.05) is 53.6 Å². The first-order valence-corrected chi connectivity index (χ1v) is 11.0. The van der Waals surface area contributed by atoms with Crippen molar-refractivity contribution in [3.63, 3.8) is 0 Å². The van der Waals surface area contributed by atoms with Gasteiger partial charge in [-0.25, -0.2) is 4.39 Å². The Kier molecular flexibility index (Phi) is 6.58. The first-order chi connectivity index (χ1) is 15.0. The Labute approximate surface area is 183 Å². The van der Waals surface area contributed by atoms with Gasteiger partial charge in [0.1, 0.15) is 11.6 Å². The van der Waals surface area contributed by atoms with Crippen LogP contribution in [-0.2, 0) is 16.0 Å². The van der Waals surface area contributed by atoms with Gasteiger partial charge in [-0.3, -0.25) is 4.79 Å². The van der Waals surface area contributed by atoms with Crippen LogP contribution in [-0.4, -0.2) is 69.3 Å². The first kappa shape index (κ1) is 21.8. The average molecular weight is 427 g/mol. The van der Waals surface area contributed by atoms with Crippen LogP contribution in [0.2, 0.25) is 0 Å². The normalized spacial score (nSPS) is 19.3. The quantitative estimate of drug-likeness (QED) is 0.733. The molecule has 31 heavy (non-hydrogen) atoms. The number of hydrogen-bond acceptors (Lipinski definition) is 4. The van der Waals surface area contributed by atoms with Gasteiger partial charge in [-0.1, -0.05) is 24.3 Å². The standard InChI is InChI=1S/C25H31FN2O3/c1-27-11-13-28(14-12-27)24(29)25(9-15-31-16-10-25)18-19-5-3-4-6-21(19)22-17-20(26)7-8-23(22)30-2/h3-8,17H,9-16,18H2,1-2H3. The molecule has 166 valence electrons. The highest BCUT2D eigenvalue weighted by Crippen LogP contribution is 2.41. The Bertz CT molecular complexity index is 919. The number of amides is 1. The van der Waals surface area contributed by atoms with E-state index in [9.17, 15) is 9.18 Å². The van der Waals surface area contributed by atoms with E-state index in [1.165, 1.54) is 12.1 Å². The van der Waals surface area contributed by atoms with Gasteiger partial charge in [-0.05, 0) is 55.6 Å². The molecule has 0 spiro atoms. The maximum atomic E-state index is 14.1. The summed E-state index contributed by atoms with van der Waals surface area (Å²) in [6.07, 6.45) is 2.01. The van der Waals surface area contributed by atoms with Gasteiger partial charge in [0.2, 0.25) is 5.91 Å². The van der Waals surface area contributed by atoms with Crippen LogP contribution >= 0.6 is 0 Å². The van der Waals surface area contributed by atoms with Crippen molar-refractivity contribution in [1.29, 1.82) is 0 Å². The number of rotatable bonds is 5. The topological polar surface area (TPSA) is 42.0 Å². The van der Waals surface area contributed by atoms with E-state index in [4.69, 9.17) is 9.47 Å². The fraction of sp³-hybridized carbons (Fsp3) is 0.480. The summed E-state index contributed by atoms with van der Waals surface area (Å²) in [5.41, 5.74) is 2.17. The summed E-state index contributed by atoms with van der Waals surface area (Å²) in [4.78, 5) is 18.1. The second kappa shape index (κ2) is 9.37. The van der Waals surface area contributed by atoms with Crippen molar-refractivity contribution in [2.24, 2.45) is 5.41 Å². The molecule has 0 aromatic heterocycles. The average Bonchev–Trinajstić information content (AvgIpc) is 2.80. The summed E-state index contributed by atoms with van der Waals surface area (Å²) in [7, 11) is 3.69. The molecule has 2 saturated heterocycles. The van der Waals surface area contributed by atoms with Crippen molar-refractivity contribution in [1.82, 2.24) is 9.80 Å². The Morgan fingerprint density at radius 1 is 1.06 bits per heavy atom. The molecule has 0 unspecified atom stereocenters. The van der Waals surface area contributed by atoms with E-state index in [-0.39, 0.29) is 11.7 Å². The molecule has 2 aromatic rings. The third-order valence-electron chi connectivity index (χ3n) is 6.69. The van der Waals surface area contributed by atoms with Crippen molar-refractivity contribution in [2.45, 2.75) is 19.3 Å². The van der Waals surface area contributed by atoms with E-state index >= 15 is 0 Å². The molecule has 2 heterocycles. The van der Waals surface area contributed by atoms with Crippen LogP contribution in [0.4, 0.5) is 4.39 Å². The molecular weight excluding hydrogens is 395 g/mol. The monoisotopic (exact) mass is 426 g/mol. The first-order valence-electron chi connectivity index (χ1n) is 11.0. The number of methoxy groups -OCH3 is 1. The molecule has 0 N–H and O–H groups in total. The number of carbonyl (C=O) groups excluding carboxylic acids is 1. The van der Waals surface area contributed by atoms with E-state index in [1.54, 1.807) is 13.2 Å². The zero-order valence-electron chi connectivity index (χ0n) is 18.4. The summed E-state index contributed by atoms with van der Waals surface area (Å²) in [6, 6.07) is 12.5.